The standard InChI is InChI=1S/C16H19BrF3NO3/c1-3-24-14(23)6-4-5-13(22)21(2)15(16(18,19)20)11-7-9-12(17)10-8-11/h7-10,15H,3-6H2,1-2H3/t15-/m0/s1. The van der Waals surface area contributed by atoms with Crippen molar-refractivity contribution in [2.45, 2.75) is 38.4 Å². The third-order valence-corrected chi connectivity index (χ3v) is 3.88. The van der Waals surface area contributed by atoms with E-state index in [-0.39, 0.29) is 31.4 Å². The van der Waals surface area contributed by atoms with Crippen LogP contribution in [0.2, 0.25) is 0 Å². The maximum atomic E-state index is 13.4. The minimum Gasteiger partial charge on any atom is -0.466 e. The first-order chi connectivity index (χ1) is 11.2. The van der Waals surface area contributed by atoms with Gasteiger partial charge in [-0.3, -0.25) is 9.59 Å². The summed E-state index contributed by atoms with van der Waals surface area (Å²) in [6, 6.07) is 3.61. The van der Waals surface area contributed by atoms with Crippen molar-refractivity contribution in [1.82, 2.24) is 4.90 Å². The van der Waals surface area contributed by atoms with E-state index in [4.69, 9.17) is 4.74 Å². The molecule has 0 saturated heterocycles. The van der Waals surface area contributed by atoms with Crippen LogP contribution in [-0.4, -0.2) is 36.6 Å². The first-order valence-corrected chi connectivity index (χ1v) is 8.19. The molecule has 1 amide bonds. The molecule has 0 unspecified atom stereocenters. The molecule has 0 spiro atoms. The van der Waals surface area contributed by atoms with E-state index >= 15 is 0 Å². The zero-order valence-corrected chi connectivity index (χ0v) is 15.0. The van der Waals surface area contributed by atoms with Gasteiger partial charge in [0.25, 0.3) is 0 Å². The molecule has 1 rings (SSSR count). The van der Waals surface area contributed by atoms with Crippen LogP contribution < -0.4 is 0 Å². The summed E-state index contributed by atoms with van der Waals surface area (Å²) in [5.74, 6) is -1.14. The van der Waals surface area contributed by atoms with Gasteiger partial charge in [0.05, 0.1) is 6.61 Å². The Morgan fingerprint density at radius 1 is 1.21 bits per heavy atom. The van der Waals surface area contributed by atoms with Crippen LogP contribution in [0.1, 0.15) is 37.8 Å². The Morgan fingerprint density at radius 3 is 2.29 bits per heavy atom. The lowest BCUT2D eigenvalue weighted by molar-refractivity contribution is -0.189. The molecule has 0 radical (unpaired) electrons. The van der Waals surface area contributed by atoms with Gasteiger partial charge in [-0.05, 0) is 31.0 Å². The van der Waals surface area contributed by atoms with Gasteiger partial charge < -0.3 is 9.64 Å². The number of amides is 1. The highest BCUT2D eigenvalue weighted by Gasteiger charge is 2.44. The summed E-state index contributed by atoms with van der Waals surface area (Å²) in [4.78, 5) is 24.0. The predicted molar refractivity (Wildman–Crippen MR) is 86.2 cm³/mol. The highest BCUT2D eigenvalue weighted by atomic mass is 79.9. The Labute approximate surface area is 147 Å². The summed E-state index contributed by atoms with van der Waals surface area (Å²) in [7, 11) is 1.12. The summed E-state index contributed by atoms with van der Waals surface area (Å²) < 4.78 is 45.5. The zero-order chi connectivity index (χ0) is 18.3. The molecule has 0 N–H and O–H groups in total. The molecule has 8 heteroatoms. The molecule has 0 bridgehead atoms. The van der Waals surface area contributed by atoms with Gasteiger partial charge in [0.2, 0.25) is 5.91 Å². The van der Waals surface area contributed by atoms with Crippen LogP contribution in [-0.2, 0) is 14.3 Å². The fourth-order valence-corrected chi connectivity index (χ4v) is 2.48. The monoisotopic (exact) mass is 409 g/mol. The second-order valence-electron chi connectivity index (χ2n) is 5.16. The SMILES string of the molecule is CCOC(=O)CCCC(=O)N(C)[C@@H](c1ccc(Br)cc1)C(F)(F)F. The van der Waals surface area contributed by atoms with Crippen LogP contribution in [0.3, 0.4) is 0 Å². The summed E-state index contributed by atoms with van der Waals surface area (Å²) in [5, 5.41) is 0. The highest BCUT2D eigenvalue weighted by molar-refractivity contribution is 9.10. The Morgan fingerprint density at radius 2 is 1.79 bits per heavy atom. The van der Waals surface area contributed by atoms with E-state index in [9.17, 15) is 22.8 Å². The highest BCUT2D eigenvalue weighted by Crippen LogP contribution is 2.37. The van der Waals surface area contributed by atoms with E-state index in [0.717, 1.165) is 7.05 Å². The Kier molecular flexibility index (Phi) is 7.72. The van der Waals surface area contributed by atoms with Gasteiger partial charge in [0.15, 0.2) is 6.04 Å². The number of nitrogens with zero attached hydrogens (tertiary/aromatic N) is 1. The average molecular weight is 410 g/mol. The first kappa shape index (κ1) is 20.5. The molecule has 1 aromatic rings. The van der Waals surface area contributed by atoms with Crippen LogP contribution in [0.5, 0.6) is 0 Å². The molecule has 0 aliphatic carbocycles. The molecule has 0 aromatic heterocycles. The van der Waals surface area contributed by atoms with Gasteiger partial charge in [-0.25, -0.2) is 0 Å². The molecule has 0 heterocycles. The van der Waals surface area contributed by atoms with Gasteiger partial charge in [-0.15, -0.1) is 0 Å². The number of hydrogen-bond acceptors (Lipinski definition) is 3. The van der Waals surface area contributed by atoms with Crippen molar-refractivity contribution in [2.75, 3.05) is 13.7 Å². The van der Waals surface area contributed by atoms with Crippen molar-refractivity contribution in [3.05, 3.63) is 34.3 Å². The summed E-state index contributed by atoms with van der Waals surface area (Å²) in [5.41, 5.74) is -0.0213. The number of halogens is 4. The number of alkyl halides is 3. The Balaban J connectivity index is 2.78. The van der Waals surface area contributed by atoms with Crippen LogP contribution in [0.15, 0.2) is 28.7 Å². The molecule has 134 valence electrons. The number of rotatable bonds is 7. The number of benzene rings is 1. The predicted octanol–water partition coefficient (Wildman–Crippen LogP) is 4.24. The molecule has 4 nitrogen and oxygen atoms in total. The van der Waals surface area contributed by atoms with Crippen LogP contribution in [0.25, 0.3) is 0 Å². The molecule has 0 aliphatic heterocycles. The lowest BCUT2D eigenvalue weighted by Crippen LogP contribution is -2.39. The van der Waals surface area contributed by atoms with E-state index in [2.05, 4.69) is 15.9 Å². The maximum absolute atomic E-state index is 13.4. The Hall–Kier alpha value is -1.57. The average Bonchev–Trinajstić information content (AvgIpc) is 2.48. The van der Waals surface area contributed by atoms with E-state index in [1.54, 1.807) is 6.92 Å². The lowest BCUT2D eigenvalue weighted by Gasteiger charge is -2.30. The molecular formula is C16H19BrF3NO3. The van der Waals surface area contributed by atoms with Crippen molar-refractivity contribution < 1.29 is 27.5 Å². The summed E-state index contributed by atoms with van der Waals surface area (Å²) >= 11 is 3.17. The van der Waals surface area contributed by atoms with Crippen LogP contribution in [0, 0.1) is 0 Å². The van der Waals surface area contributed by atoms with Crippen LogP contribution in [0.4, 0.5) is 13.2 Å². The van der Waals surface area contributed by atoms with Crippen molar-refractivity contribution in [2.24, 2.45) is 0 Å². The first-order valence-electron chi connectivity index (χ1n) is 7.40. The molecule has 0 aliphatic rings. The van der Waals surface area contributed by atoms with Crippen molar-refractivity contribution in [3.63, 3.8) is 0 Å². The van der Waals surface area contributed by atoms with Gasteiger partial charge in [-0.2, -0.15) is 13.2 Å². The fourth-order valence-electron chi connectivity index (χ4n) is 2.21. The zero-order valence-electron chi connectivity index (χ0n) is 13.4. The van der Waals surface area contributed by atoms with Gasteiger partial charge in [0, 0.05) is 24.4 Å². The second-order valence-corrected chi connectivity index (χ2v) is 6.07. The van der Waals surface area contributed by atoms with E-state index in [1.165, 1.54) is 24.3 Å². The molecule has 1 atom stereocenters. The molecule has 0 fully saturated rings. The van der Waals surface area contributed by atoms with Crippen molar-refractivity contribution >= 4 is 27.8 Å². The minimum atomic E-state index is -4.60. The van der Waals surface area contributed by atoms with Crippen molar-refractivity contribution in [3.8, 4) is 0 Å². The number of hydrogen-bond donors (Lipinski definition) is 0. The van der Waals surface area contributed by atoms with E-state index < -0.39 is 24.1 Å². The van der Waals surface area contributed by atoms with Crippen LogP contribution >= 0.6 is 15.9 Å². The minimum absolute atomic E-state index is 0.00237. The largest absolute Gasteiger partial charge is 0.466 e. The third-order valence-electron chi connectivity index (χ3n) is 3.35. The molecule has 24 heavy (non-hydrogen) atoms. The van der Waals surface area contributed by atoms with Crippen molar-refractivity contribution in [1.29, 1.82) is 0 Å². The summed E-state index contributed by atoms with van der Waals surface area (Å²) in [6.07, 6.45) is -4.60. The van der Waals surface area contributed by atoms with Gasteiger partial charge in [0.1, 0.15) is 0 Å². The van der Waals surface area contributed by atoms with Gasteiger partial charge >= 0.3 is 12.1 Å². The molecule has 1 aromatic carbocycles. The number of ether oxygens (including phenoxy) is 1. The third kappa shape index (κ3) is 6.14. The molecular weight excluding hydrogens is 391 g/mol. The smallest absolute Gasteiger partial charge is 0.413 e. The lowest BCUT2D eigenvalue weighted by atomic mass is 10.0. The van der Waals surface area contributed by atoms with E-state index in [1.807, 2.05) is 0 Å². The Bertz CT molecular complexity index is 561. The topological polar surface area (TPSA) is 46.6 Å². The number of carbonyl (C=O) groups excluding carboxylic acids is 2. The maximum Gasteiger partial charge on any atom is 0.413 e. The molecule has 0 saturated carbocycles. The van der Waals surface area contributed by atoms with Gasteiger partial charge in [-0.1, -0.05) is 28.1 Å². The number of carbonyl (C=O) groups is 2. The van der Waals surface area contributed by atoms with E-state index in [0.29, 0.717) is 9.37 Å². The summed E-state index contributed by atoms with van der Waals surface area (Å²) in [6.45, 7) is 1.88. The number of esters is 1. The quantitative estimate of drug-likeness (QED) is 0.632. The normalized spacial score (nSPS) is 12.6. The second kappa shape index (κ2) is 9.05. The fraction of sp³-hybridized carbons (Fsp3) is 0.500.